The molecule has 10 heteroatoms. The fourth-order valence-electron chi connectivity index (χ4n) is 0.876. The second-order valence-corrected chi connectivity index (χ2v) is 3.32. The van der Waals surface area contributed by atoms with Gasteiger partial charge in [0.1, 0.15) is 11.8 Å². The van der Waals surface area contributed by atoms with Gasteiger partial charge >= 0.3 is 0 Å². The lowest BCUT2D eigenvalue weighted by atomic mass is 10.2. The zero-order valence-electron chi connectivity index (χ0n) is 11.0. The Labute approximate surface area is 111 Å². The summed E-state index contributed by atoms with van der Waals surface area (Å²) in [5.74, 6) is -0.359. The predicted octanol–water partition coefficient (Wildman–Crippen LogP) is -2.07. The van der Waals surface area contributed by atoms with E-state index in [1.807, 2.05) is 0 Å². The van der Waals surface area contributed by atoms with Crippen molar-refractivity contribution in [3.63, 3.8) is 0 Å². The van der Waals surface area contributed by atoms with Gasteiger partial charge in [-0.25, -0.2) is 0 Å². The zero-order valence-corrected chi connectivity index (χ0v) is 11.0. The highest BCUT2D eigenvalue weighted by atomic mass is 16.5. The molecule has 0 aromatic carbocycles. The van der Waals surface area contributed by atoms with Crippen LogP contribution in [0.2, 0.25) is 0 Å². The van der Waals surface area contributed by atoms with Gasteiger partial charge in [-0.1, -0.05) is 0 Å². The van der Waals surface area contributed by atoms with E-state index >= 15 is 0 Å². The van der Waals surface area contributed by atoms with Crippen molar-refractivity contribution in [1.29, 1.82) is 0 Å². The minimum atomic E-state index is -0.406. The van der Waals surface area contributed by atoms with Crippen LogP contribution in [0.15, 0.2) is 20.4 Å². The Morgan fingerprint density at radius 2 is 1.68 bits per heavy atom. The quantitative estimate of drug-likeness (QED) is 0.171. The molecular formula is C9H20N8O2. The highest BCUT2D eigenvalue weighted by Gasteiger charge is 2.09. The van der Waals surface area contributed by atoms with Crippen LogP contribution < -0.4 is 22.9 Å². The van der Waals surface area contributed by atoms with Gasteiger partial charge in [-0.2, -0.15) is 5.10 Å². The molecule has 0 fully saturated rings. The minimum Gasteiger partial charge on any atom is -0.382 e. The van der Waals surface area contributed by atoms with Gasteiger partial charge in [-0.15, -0.1) is 15.3 Å². The van der Waals surface area contributed by atoms with Crippen molar-refractivity contribution in [3.8, 4) is 0 Å². The van der Waals surface area contributed by atoms with Gasteiger partial charge in [0.15, 0.2) is 0 Å². The summed E-state index contributed by atoms with van der Waals surface area (Å²) in [6.07, 6.45) is 0.889. The molecule has 0 saturated carbocycles. The third kappa shape index (κ3) is 9.50. The second-order valence-electron chi connectivity index (χ2n) is 3.32. The summed E-state index contributed by atoms with van der Waals surface area (Å²) in [5.41, 5.74) is 21.0. The first kappa shape index (κ1) is 16.8. The van der Waals surface area contributed by atoms with Crippen molar-refractivity contribution >= 4 is 23.8 Å². The topological polar surface area (TPSA) is 172 Å². The molecule has 0 saturated heterocycles. The standard InChI is InChI=1S/C9H20N8O2/c1-6(19-4-3-18-2)7(15-17-9(12)13)5-14-16-8(10)11/h5-6H,3-4H2,1-2H3,(H4,10,11,16)(H4,12,13,17)/b14-5+,15-7-/t6-/m0/s1. The normalized spacial score (nSPS) is 13.3. The lowest BCUT2D eigenvalue weighted by Gasteiger charge is -2.11. The van der Waals surface area contributed by atoms with Gasteiger partial charge in [0.05, 0.1) is 19.4 Å². The molecule has 0 spiro atoms. The fraction of sp³-hybridized carbons (Fsp3) is 0.556. The fourth-order valence-corrected chi connectivity index (χ4v) is 0.876. The van der Waals surface area contributed by atoms with Gasteiger partial charge in [-0.3, -0.25) is 0 Å². The number of methoxy groups -OCH3 is 1. The van der Waals surface area contributed by atoms with Crippen molar-refractivity contribution in [1.82, 2.24) is 0 Å². The molecule has 1 atom stereocenters. The van der Waals surface area contributed by atoms with Crippen LogP contribution in [0.1, 0.15) is 6.92 Å². The number of hydrogen-bond donors (Lipinski definition) is 4. The molecule has 0 bridgehead atoms. The first-order chi connectivity index (χ1) is 8.97. The molecule has 0 unspecified atom stereocenters. The molecule has 8 N–H and O–H groups in total. The van der Waals surface area contributed by atoms with E-state index in [0.29, 0.717) is 18.9 Å². The summed E-state index contributed by atoms with van der Waals surface area (Å²) in [6.45, 7) is 2.58. The summed E-state index contributed by atoms with van der Waals surface area (Å²) >= 11 is 0. The van der Waals surface area contributed by atoms with Crippen LogP contribution in [0.4, 0.5) is 0 Å². The van der Waals surface area contributed by atoms with Crippen LogP contribution in [0.3, 0.4) is 0 Å². The molecule has 0 radical (unpaired) electrons. The van der Waals surface area contributed by atoms with Crippen LogP contribution in [0, 0.1) is 0 Å². The monoisotopic (exact) mass is 272 g/mol. The lowest BCUT2D eigenvalue weighted by molar-refractivity contribution is 0.0560. The van der Waals surface area contributed by atoms with E-state index in [-0.39, 0.29) is 11.9 Å². The maximum atomic E-state index is 5.43. The van der Waals surface area contributed by atoms with E-state index in [1.165, 1.54) is 6.21 Å². The number of nitrogens with zero attached hydrogens (tertiary/aromatic N) is 4. The number of nitrogens with two attached hydrogens (primary N) is 4. The maximum absolute atomic E-state index is 5.43. The molecule has 10 nitrogen and oxygen atoms in total. The van der Waals surface area contributed by atoms with E-state index in [1.54, 1.807) is 14.0 Å². The molecule has 0 rings (SSSR count). The van der Waals surface area contributed by atoms with Crippen molar-refractivity contribution in [2.45, 2.75) is 13.0 Å². The third-order valence-corrected chi connectivity index (χ3v) is 1.72. The van der Waals surface area contributed by atoms with Crippen LogP contribution in [0.25, 0.3) is 0 Å². The Kier molecular flexibility index (Phi) is 8.66. The molecule has 0 aromatic rings. The highest BCUT2D eigenvalue weighted by Crippen LogP contribution is 1.95. The summed E-state index contributed by atoms with van der Waals surface area (Å²) in [4.78, 5) is 0. The van der Waals surface area contributed by atoms with E-state index in [2.05, 4.69) is 20.4 Å². The van der Waals surface area contributed by atoms with E-state index in [9.17, 15) is 0 Å². The van der Waals surface area contributed by atoms with Crippen LogP contribution in [0.5, 0.6) is 0 Å². The number of guanidine groups is 2. The number of rotatable bonds is 8. The van der Waals surface area contributed by atoms with Gasteiger partial charge in [0.25, 0.3) is 0 Å². The number of hydrogen-bond acceptors (Lipinski definition) is 6. The van der Waals surface area contributed by atoms with Crippen molar-refractivity contribution < 1.29 is 9.47 Å². The largest absolute Gasteiger partial charge is 0.382 e. The predicted molar refractivity (Wildman–Crippen MR) is 74.8 cm³/mol. The Balaban J connectivity index is 4.76. The maximum Gasteiger partial charge on any atom is 0.211 e. The van der Waals surface area contributed by atoms with Crippen molar-refractivity contribution in [2.75, 3.05) is 20.3 Å². The smallest absolute Gasteiger partial charge is 0.211 e. The van der Waals surface area contributed by atoms with E-state index < -0.39 is 6.10 Å². The molecule has 108 valence electrons. The molecule has 0 aromatic heterocycles. The Morgan fingerprint density at radius 3 is 2.21 bits per heavy atom. The van der Waals surface area contributed by atoms with Gasteiger partial charge in [0, 0.05) is 7.11 Å². The molecule has 0 aliphatic heterocycles. The van der Waals surface area contributed by atoms with E-state index in [0.717, 1.165) is 0 Å². The molecule has 0 heterocycles. The summed E-state index contributed by atoms with van der Waals surface area (Å²) in [7, 11) is 1.57. The zero-order chi connectivity index (χ0) is 14.7. The average molecular weight is 272 g/mol. The molecule has 19 heavy (non-hydrogen) atoms. The van der Waals surface area contributed by atoms with Gasteiger partial charge < -0.3 is 32.4 Å². The average Bonchev–Trinajstić information content (AvgIpc) is 2.32. The minimum absolute atomic E-state index is 0.176. The number of ether oxygens (including phenoxy) is 2. The molecule has 0 aliphatic rings. The van der Waals surface area contributed by atoms with Crippen molar-refractivity contribution in [3.05, 3.63) is 0 Å². The molecule has 0 aliphatic carbocycles. The second kappa shape index (κ2) is 9.79. The molecule has 0 amide bonds. The molecular weight excluding hydrogens is 252 g/mol. The van der Waals surface area contributed by atoms with Crippen LogP contribution in [-0.2, 0) is 9.47 Å². The highest BCUT2D eigenvalue weighted by molar-refractivity contribution is 6.32. The Hall–Kier alpha value is -2.20. The van der Waals surface area contributed by atoms with E-state index in [4.69, 9.17) is 32.4 Å². The third-order valence-electron chi connectivity index (χ3n) is 1.72. The Morgan fingerprint density at radius 1 is 1.05 bits per heavy atom. The SMILES string of the molecule is COCCO[C@@H](C)C(/C=N/N=C(N)N)=N\N=C(N)N. The first-order valence-corrected chi connectivity index (χ1v) is 5.36. The summed E-state index contributed by atoms with van der Waals surface area (Å²) < 4.78 is 10.3. The summed E-state index contributed by atoms with van der Waals surface area (Å²) in [6, 6.07) is 0. The first-order valence-electron chi connectivity index (χ1n) is 5.36. The van der Waals surface area contributed by atoms with Gasteiger partial charge in [-0.05, 0) is 6.92 Å². The van der Waals surface area contributed by atoms with Gasteiger partial charge in [0.2, 0.25) is 11.9 Å². The summed E-state index contributed by atoms with van der Waals surface area (Å²) in [5, 5.41) is 14.4. The lowest BCUT2D eigenvalue weighted by Crippen LogP contribution is -2.26. The van der Waals surface area contributed by atoms with Crippen molar-refractivity contribution in [2.24, 2.45) is 43.3 Å². The van der Waals surface area contributed by atoms with Crippen LogP contribution >= 0.6 is 0 Å². The van der Waals surface area contributed by atoms with Crippen LogP contribution in [-0.4, -0.2) is 50.3 Å². The Bertz CT molecular complexity index is 368.